The molecule has 4 nitrogen and oxygen atoms in total. The van der Waals surface area contributed by atoms with Crippen molar-refractivity contribution in [1.29, 1.82) is 0 Å². The number of hydrogen-bond acceptors (Lipinski definition) is 3. The van der Waals surface area contributed by atoms with E-state index in [0.717, 1.165) is 24.4 Å². The summed E-state index contributed by atoms with van der Waals surface area (Å²) in [4.78, 5) is 0.178. The molecule has 5 heteroatoms. The van der Waals surface area contributed by atoms with E-state index in [9.17, 15) is 8.42 Å². The van der Waals surface area contributed by atoms with Crippen molar-refractivity contribution in [2.45, 2.75) is 37.1 Å². The molecule has 0 spiro atoms. The lowest BCUT2D eigenvalue weighted by atomic mass is 10.0. The minimum Gasteiger partial charge on any atom is -0.314 e. The number of rotatable bonds is 6. The Hall–Kier alpha value is -0.910. The Kier molecular flexibility index (Phi) is 4.04. The van der Waals surface area contributed by atoms with Gasteiger partial charge in [0.15, 0.2) is 0 Å². The van der Waals surface area contributed by atoms with Crippen molar-refractivity contribution in [2.75, 3.05) is 6.54 Å². The fraction of sp³-hybridized carbons (Fsp3) is 0.538. The maximum atomic E-state index is 11.2. The Morgan fingerprint density at radius 2 is 1.94 bits per heavy atom. The zero-order chi connectivity index (χ0) is 13.2. The summed E-state index contributed by atoms with van der Waals surface area (Å²) in [5, 5.41) is 8.57. The van der Waals surface area contributed by atoms with Crippen LogP contribution in [-0.4, -0.2) is 21.0 Å². The van der Waals surface area contributed by atoms with E-state index in [2.05, 4.69) is 12.2 Å². The highest BCUT2D eigenvalue weighted by atomic mass is 32.2. The van der Waals surface area contributed by atoms with E-state index in [0.29, 0.717) is 6.04 Å². The summed E-state index contributed by atoms with van der Waals surface area (Å²) < 4.78 is 22.3. The highest BCUT2D eigenvalue weighted by Gasteiger charge is 2.30. The summed E-state index contributed by atoms with van der Waals surface area (Å²) in [7, 11) is -3.58. The maximum Gasteiger partial charge on any atom is 0.238 e. The molecule has 1 aromatic carbocycles. The molecule has 0 aromatic heterocycles. The first-order chi connectivity index (χ1) is 8.50. The maximum absolute atomic E-state index is 11.2. The monoisotopic (exact) mass is 268 g/mol. The summed E-state index contributed by atoms with van der Waals surface area (Å²) in [6, 6.07) is 7.38. The van der Waals surface area contributed by atoms with Gasteiger partial charge < -0.3 is 5.32 Å². The van der Waals surface area contributed by atoms with Gasteiger partial charge in [-0.15, -0.1) is 0 Å². The number of nitrogens with one attached hydrogen (secondary N) is 1. The predicted octanol–water partition coefficient (Wildman–Crippen LogP) is 1.26. The highest BCUT2D eigenvalue weighted by Crippen LogP contribution is 2.34. The Morgan fingerprint density at radius 3 is 2.39 bits per heavy atom. The quantitative estimate of drug-likeness (QED) is 0.816. The van der Waals surface area contributed by atoms with Gasteiger partial charge in [0.2, 0.25) is 10.0 Å². The van der Waals surface area contributed by atoms with Gasteiger partial charge in [0.1, 0.15) is 0 Å². The molecule has 1 fully saturated rings. The lowest BCUT2D eigenvalue weighted by Crippen LogP contribution is -2.32. The first-order valence-corrected chi connectivity index (χ1v) is 7.90. The summed E-state index contributed by atoms with van der Waals surface area (Å²) >= 11 is 0. The fourth-order valence-corrected chi connectivity index (χ4v) is 2.75. The van der Waals surface area contributed by atoms with Crippen LogP contribution in [0.25, 0.3) is 0 Å². The highest BCUT2D eigenvalue weighted by molar-refractivity contribution is 7.89. The molecule has 18 heavy (non-hydrogen) atoms. The Balaban J connectivity index is 2.05. The molecule has 100 valence electrons. The van der Waals surface area contributed by atoms with Gasteiger partial charge in [-0.25, -0.2) is 13.6 Å². The molecule has 2 rings (SSSR count). The molecule has 1 unspecified atom stereocenters. The van der Waals surface area contributed by atoms with Crippen LogP contribution in [0.4, 0.5) is 0 Å². The van der Waals surface area contributed by atoms with E-state index in [1.807, 2.05) is 12.1 Å². The largest absolute Gasteiger partial charge is 0.314 e. The van der Waals surface area contributed by atoms with Gasteiger partial charge in [0, 0.05) is 6.04 Å². The molecule has 1 aliphatic rings. The minimum atomic E-state index is -3.58. The van der Waals surface area contributed by atoms with Crippen LogP contribution in [0.5, 0.6) is 0 Å². The second kappa shape index (κ2) is 5.38. The van der Waals surface area contributed by atoms with Crippen molar-refractivity contribution in [2.24, 2.45) is 11.1 Å². The second-order valence-electron chi connectivity index (χ2n) is 4.89. The van der Waals surface area contributed by atoms with Crippen molar-refractivity contribution in [1.82, 2.24) is 5.32 Å². The molecule has 0 radical (unpaired) electrons. The van der Waals surface area contributed by atoms with Gasteiger partial charge in [0.25, 0.3) is 0 Å². The van der Waals surface area contributed by atoms with E-state index in [-0.39, 0.29) is 4.90 Å². The van der Waals surface area contributed by atoms with Crippen LogP contribution in [-0.2, 0) is 16.4 Å². The molecule has 1 aromatic rings. The molecule has 1 aliphatic carbocycles. The van der Waals surface area contributed by atoms with Crippen molar-refractivity contribution in [3.63, 3.8) is 0 Å². The lowest BCUT2D eigenvalue weighted by Gasteiger charge is -2.17. The number of nitrogens with two attached hydrogens (primary N) is 1. The fourth-order valence-electron chi connectivity index (χ4n) is 2.24. The van der Waals surface area contributed by atoms with Crippen LogP contribution in [0.3, 0.4) is 0 Å². The zero-order valence-corrected chi connectivity index (χ0v) is 11.4. The number of benzene rings is 1. The van der Waals surface area contributed by atoms with Gasteiger partial charge in [-0.2, -0.15) is 0 Å². The molecule has 1 saturated carbocycles. The van der Waals surface area contributed by atoms with Crippen molar-refractivity contribution in [3.05, 3.63) is 29.8 Å². The van der Waals surface area contributed by atoms with E-state index >= 15 is 0 Å². The Morgan fingerprint density at radius 1 is 1.33 bits per heavy atom. The molecule has 0 heterocycles. The van der Waals surface area contributed by atoms with Gasteiger partial charge in [-0.1, -0.05) is 19.1 Å². The number of sulfonamides is 1. The van der Waals surface area contributed by atoms with Gasteiger partial charge in [0.05, 0.1) is 4.90 Å². The van der Waals surface area contributed by atoms with Crippen molar-refractivity contribution in [3.8, 4) is 0 Å². The molecular formula is C13H20N2O2S. The number of primary sulfonamides is 1. The second-order valence-corrected chi connectivity index (χ2v) is 6.46. The topological polar surface area (TPSA) is 72.2 Å². The molecule has 1 atom stereocenters. The smallest absolute Gasteiger partial charge is 0.238 e. The Labute approximate surface area is 109 Å². The SMILES string of the molecule is CCNC(Cc1ccc(S(N)(=O)=O)cc1)C1CC1. The third kappa shape index (κ3) is 3.54. The summed E-state index contributed by atoms with van der Waals surface area (Å²) in [6.07, 6.45) is 3.54. The normalized spacial score (nSPS) is 17.7. The predicted molar refractivity (Wildman–Crippen MR) is 71.7 cm³/mol. The third-order valence-corrected chi connectivity index (χ3v) is 4.29. The average Bonchev–Trinajstić information content (AvgIpc) is 3.12. The van der Waals surface area contributed by atoms with Crippen LogP contribution in [0.2, 0.25) is 0 Å². The molecule has 0 bridgehead atoms. The summed E-state index contributed by atoms with van der Waals surface area (Å²) in [5.41, 5.74) is 1.15. The average molecular weight is 268 g/mol. The number of hydrogen-bond donors (Lipinski definition) is 2. The van der Waals surface area contributed by atoms with E-state index < -0.39 is 10.0 Å². The number of likely N-dealkylation sites (N-methyl/N-ethyl adjacent to an activating group) is 1. The summed E-state index contributed by atoms with van der Waals surface area (Å²) in [5.74, 6) is 0.780. The van der Waals surface area contributed by atoms with Crippen LogP contribution >= 0.6 is 0 Å². The lowest BCUT2D eigenvalue weighted by molar-refractivity contribution is 0.472. The molecular weight excluding hydrogens is 248 g/mol. The van der Waals surface area contributed by atoms with Crippen molar-refractivity contribution >= 4 is 10.0 Å². The first kappa shape index (κ1) is 13.5. The third-order valence-electron chi connectivity index (χ3n) is 3.36. The van der Waals surface area contributed by atoms with Gasteiger partial charge >= 0.3 is 0 Å². The minimum absolute atomic E-state index is 0.178. The van der Waals surface area contributed by atoms with Gasteiger partial charge in [-0.3, -0.25) is 0 Å². The zero-order valence-electron chi connectivity index (χ0n) is 10.6. The van der Waals surface area contributed by atoms with Crippen LogP contribution < -0.4 is 10.5 Å². The van der Waals surface area contributed by atoms with Crippen LogP contribution in [0, 0.1) is 5.92 Å². The van der Waals surface area contributed by atoms with Crippen LogP contribution in [0.1, 0.15) is 25.3 Å². The van der Waals surface area contributed by atoms with Gasteiger partial charge in [-0.05, 0) is 49.4 Å². The first-order valence-electron chi connectivity index (χ1n) is 6.36. The van der Waals surface area contributed by atoms with Crippen LogP contribution in [0.15, 0.2) is 29.2 Å². The molecule has 0 saturated heterocycles. The van der Waals surface area contributed by atoms with Crippen molar-refractivity contribution < 1.29 is 8.42 Å². The molecule has 0 amide bonds. The standard InChI is InChI=1S/C13H20N2O2S/c1-2-15-13(11-5-6-11)9-10-3-7-12(8-4-10)18(14,16)17/h3-4,7-8,11,13,15H,2,5-6,9H2,1H3,(H2,14,16,17). The van der Waals surface area contributed by atoms with E-state index in [1.54, 1.807) is 12.1 Å². The van der Waals surface area contributed by atoms with E-state index in [1.165, 1.54) is 12.8 Å². The molecule has 0 aliphatic heterocycles. The summed E-state index contributed by atoms with van der Waals surface area (Å²) in [6.45, 7) is 3.08. The molecule has 3 N–H and O–H groups in total. The Bertz CT molecular complexity index is 492. The van der Waals surface area contributed by atoms with E-state index in [4.69, 9.17) is 5.14 Å².